The van der Waals surface area contributed by atoms with Gasteiger partial charge in [0, 0.05) is 24.2 Å². The van der Waals surface area contributed by atoms with Gasteiger partial charge in [0.1, 0.15) is 35.0 Å². The lowest BCUT2D eigenvalue weighted by atomic mass is 10.1. The number of halogens is 1. The Morgan fingerprint density at radius 2 is 2.00 bits per heavy atom. The van der Waals surface area contributed by atoms with E-state index in [9.17, 15) is 4.39 Å². The number of nitrogens with two attached hydrogens (primary N) is 2. The molecule has 4 rings (SSSR count). The van der Waals surface area contributed by atoms with Gasteiger partial charge in [0.05, 0.1) is 30.4 Å². The second-order valence-electron chi connectivity index (χ2n) is 7.01. The van der Waals surface area contributed by atoms with Gasteiger partial charge in [-0.1, -0.05) is 19.1 Å². The summed E-state index contributed by atoms with van der Waals surface area (Å²) in [7, 11) is 1.51. The topological polar surface area (TPSA) is 142 Å². The molecule has 4 N–H and O–H groups in total. The van der Waals surface area contributed by atoms with Crippen LogP contribution >= 0.6 is 0 Å². The molecule has 0 aliphatic rings. The van der Waals surface area contributed by atoms with E-state index < -0.39 is 5.82 Å². The number of nitrogen functional groups attached to an aromatic ring is 1. The zero-order chi connectivity index (χ0) is 23.4. The van der Waals surface area contributed by atoms with Crippen molar-refractivity contribution in [1.82, 2.24) is 24.5 Å². The molecule has 1 atom stereocenters. The molecule has 1 unspecified atom stereocenters. The van der Waals surface area contributed by atoms with Gasteiger partial charge in [-0.05, 0) is 18.6 Å². The number of aromatic nitrogens is 5. The van der Waals surface area contributed by atoms with Crippen LogP contribution in [0.5, 0.6) is 5.88 Å². The molecule has 0 spiro atoms. The first-order valence-corrected chi connectivity index (χ1v) is 10.1. The minimum atomic E-state index is -0.442. The number of hydrogen-bond donors (Lipinski definition) is 2. The number of para-hydroxylation sites is 1. The number of aliphatic imine (C=N–C) groups is 1. The van der Waals surface area contributed by atoms with Gasteiger partial charge in [0.2, 0.25) is 5.88 Å². The number of nitrogens with zero attached hydrogens (tertiary/aromatic N) is 7. The van der Waals surface area contributed by atoms with Crippen molar-refractivity contribution in [1.29, 1.82) is 0 Å². The third-order valence-corrected chi connectivity index (χ3v) is 5.15. The molecule has 3 heterocycles. The van der Waals surface area contributed by atoms with E-state index in [1.807, 2.05) is 17.7 Å². The van der Waals surface area contributed by atoms with E-state index in [0.717, 1.165) is 0 Å². The maximum atomic E-state index is 14.0. The molecule has 0 saturated heterocycles. The van der Waals surface area contributed by atoms with Gasteiger partial charge in [0.15, 0.2) is 0 Å². The fraction of sp³-hybridized carbons (Fsp3) is 0.182. The van der Waals surface area contributed by atoms with E-state index in [-0.39, 0.29) is 17.5 Å². The van der Waals surface area contributed by atoms with E-state index in [1.54, 1.807) is 24.4 Å². The molecule has 0 amide bonds. The number of methoxy groups -OCH3 is 1. The Morgan fingerprint density at radius 3 is 2.73 bits per heavy atom. The maximum Gasteiger partial charge on any atom is 0.240 e. The molecule has 0 aliphatic heterocycles. The van der Waals surface area contributed by atoms with Crippen LogP contribution in [-0.4, -0.2) is 43.5 Å². The second kappa shape index (κ2) is 9.39. The standard InChI is InChI=1S/C22H22FN9O/c1-3-17(16(31-25)10-28-15-7-5-4-6-14(15)23)32-11-13(18-20(24)29-12-30-21(18)32)19-22(33-2)27-9-8-26-19/h4-12,17H,3,25H2,1-2H3,(H2,24,29,30). The molecule has 4 aromatic rings. The number of fused-ring (bicyclic) bond motifs is 1. The average molecular weight is 447 g/mol. The van der Waals surface area contributed by atoms with Crippen LogP contribution in [0.25, 0.3) is 22.3 Å². The van der Waals surface area contributed by atoms with Gasteiger partial charge in [-0.25, -0.2) is 24.3 Å². The molecule has 0 aliphatic carbocycles. The van der Waals surface area contributed by atoms with Crippen LogP contribution in [-0.2, 0) is 0 Å². The lowest BCUT2D eigenvalue weighted by molar-refractivity contribution is 0.398. The minimum absolute atomic E-state index is 0.183. The van der Waals surface area contributed by atoms with Crippen molar-refractivity contribution >= 4 is 34.5 Å². The quantitative estimate of drug-likeness (QED) is 0.251. The second-order valence-corrected chi connectivity index (χ2v) is 7.01. The Balaban J connectivity index is 1.86. The third-order valence-electron chi connectivity index (χ3n) is 5.15. The van der Waals surface area contributed by atoms with Crippen LogP contribution in [0.1, 0.15) is 19.4 Å². The van der Waals surface area contributed by atoms with Gasteiger partial charge < -0.3 is 20.9 Å². The summed E-state index contributed by atoms with van der Waals surface area (Å²) in [5.74, 6) is 5.89. The largest absolute Gasteiger partial charge is 0.479 e. The number of ether oxygens (including phenoxy) is 1. The van der Waals surface area contributed by atoms with Gasteiger partial charge in [-0.15, -0.1) is 0 Å². The van der Waals surface area contributed by atoms with Gasteiger partial charge >= 0.3 is 0 Å². The van der Waals surface area contributed by atoms with Crippen molar-refractivity contribution in [3.05, 3.63) is 55.0 Å². The maximum absolute atomic E-state index is 14.0. The summed E-state index contributed by atoms with van der Waals surface area (Å²) in [5.41, 5.74) is 8.52. The Labute approximate surface area is 188 Å². The van der Waals surface area contributed by atoms with Crippen molar-refractivity contribution in [3.63, 3.8) is 0 Å². The molecule has 33 heavy (non-hydrogen) atoms. The summed E-state index contributed by atoms with van der Waals surface area (Å²) in [5, 5.41) is 4.52. The molecule has 0 radical (unpaired) electrons. The van der Waals surface area contributed by atoms with E-state index in [1.165, 1.54) is 31.9 Å². The first-order valence-electron chi connectivity index (χ1n) is 10.1. The highest BCUT2D eigenvalue weighted by molar-refractivity contribution is 6.32. The summed E-state index contributed by atoms with van der Waals surface area (Å²) >= 11 is 0. The number of rotatable bonds is 7. The molecule has 11 heteroatoms. The van der Waals surface area contributed by atoms with Crippen LogP contribution in [0.15, 0.2) is 59.3 Å². The van der Waals surface area contributed by atoms with E-state index in [0.29, 0.717) is 40.3 Å². The lowest BCUT2D eigenvalue weighted by Crippen LogP contribution is -2.21. The van der Waals surface area contributed by atoms with E-state index in [2.05, 4.69) is 30.0 Å². The lowest BCUT2D eigenvalue weighted by Gasteiger charge is -2.17. The molecule has 10 nitrogen and oxygen atoms in total. The van der Waals surface area contributed by atoms with E-state index >= 15 is 0 Å². The van der Waals surface area contributed by atoms with Gasteiger partial charge in [-0.2, -0.15) is 5.10 Å². The Morgan fingerprint density at radius 1 is 1.21 bits per heavy atom. The van der Waals surface area contributed by atoms with Gasteiger partial charge in [0.25, 0.3) is 0 Å². The smallest absolute Gasteiger partial charge is 0.240 e. The summed E-state index contributed by atoms with van der Waals surface area (Å²) in [4.78, 5) is 21.5. The highest BCUT2D eigenvalue weighted by Crippen LogP contribution is 2.37. The predicted molar refractivity (Wildman–Crippen MR) is 125 cm³/mol. The summed E-state index contributed by atoms with van der Waals surface area (Å²) in [6.45, 7) is 1.96. The fourth-order valence-electron chi connectivity index (χ4n) is 3.63. The molecule has 0 bridgehead atoms. The predicted octanol–water partition coefficient (Wildman–Crippen LogP) is 3.29. The molecular weight excluding hydrogens is 425 g/mol. The highest BCUT2D eigenvalue weighted by Gasteiger charge is 2.24. The Kier molecular flexibility index (Phi) is 6.20. The van der Waals surface area contributed by atoms with Crippen molar-refractivity contribution in [2.45, 2.75) is 19.4 Å². The average Bonchev–Trinajstić information content (AvgIpc) is 3.23. The molecule has 1 aromatic carbocycles. The monoisotopic (exact) mass is 447 g/mol. The van der Waals surface area contributed by atoms with Crippen LogP contribution in [0, 0.1) is 5.82 Å². The molecule has 0 saturated carbocycles. The Hall–Kier alpha value is -4.41. The highest BCUT2D eigenvalue weighted by atomic mass is 19.1. The zero-order valence-corrected chi connectivity index (χ0v) is 18.1. The van der Waals surface area contributed by atoms with Crippen LogP contribution in [0.4, 0.5) is 15.9 Å². The zero-order valence-electron chi connectivity index (χ0n) is 18.1. The molecule has 0 fully saturated rings. The molecule has 168 valence electrons. The number of anilines is 1. The normalized spacial score (nSPS) is 13.0. The van der Waals surface area contributed by atoms with Crippen molar-refractivity contribution in [2.75, 3.05) is 12.8 Å². The van der Waals surface area contributed by atoms with Crippen LogP contribution in [0.3, 0.4) is 0 Å². The fourth-order valence-corrected chi connectivity index (χ4v) is 3.63. The summed E-state index contributed by atoms with van der Waals surface area (Å²) < 4.78 is 21.3. The third kappa shape index (κ3) is 4.07. The molecule has 3 aromatic heterocycles. The summed E-state index contributed by atoms with van der Waals surface area (Å²) in [6.07, 6.45) is 8.35. The Bertz CT molecular complexity index is 1350. The SMILES string of the molecule is CCC(C(C=Nc1ccccc1F)=NN)n1cc(-c2nccnc2OC)c2c(N)ncnc21. The van der Waals surface area contributed by atoms with Crippen molar-refractivity contribution in [2.24, 2.45) is 15.9 Å². The van der Waals surface area contributed by atoms with Crippen LogP contribution in [0.2, 0.25) is 0 Å². The minimum Gasteiger partial charge on any atom is -0.479 e. The number of hydrogen-bond acceptors (Lipinski definition) is 9. The first-order chi connectivity index (χ1) is 16.1. The van der Waals surface area contributed by atoms with Crippen molar-refractivity contribution < 1.29 is 9.13 Å². The van der Waals surface area contributed by atoms with Crippen molar-refractivity contribution in [3.8, 4) is 17.1 Å². The number of benzene rings is 1. The van der Waals surface area contributed by atoms with E-state index in [4.69, 9.17) is 16.3 Å². The van der Waals surface area contributed by atoms with Gasteiger partial charge in [-0.3, -0.25) is 4.99 Å². The number of hydrazone groups is 1. The van der Waals surface area contributed by atoms with Crippen LogP contribution < -0.4 is 16.3 Å². The summed E-state index contributed by atoms with van der Waals surface area (Å²) in [6, 6.07) is 5.83. The molecular formula is C22H22FN9O. The first kappa shape index (κ1) is 21.8.